The minimum absolute atomic E-state index is 0.903. The van der Waals surface area contributed by atoms with Crippen LogP contribution in [-0.2, 0) is 0 Å². The Morgan fingerprint density at radius 1 is 0.769 bits per heavy atom. The van der Waals surface area contributed by atoms with E-state index >= 15 is 0 Å². The lowest BCUT2D eigenvalue weighted by atomic mass is 10.1. The van der Waals surface area contributed by atoms with Gasteiger partial charge >= 0.3 is 0 Å². The summed E-state index contributed by atoms with van der Waals surface area (Å²) in [6.45, 7) is 18.8. The second-order valence-electron chi connectivity index (χ2n) is 2.54. The fourth-order valence-corrected chi connectivity index (χ4v) is 0.612. The molecule has 0 radical (unpaired) electrons. The first-order valence-corrected chi connectivity index (χ1v) is 6.27. The van der Waals surface area contributed by atoms with Crippen molar-refractivity contribution in [1.82, 2.24) is 0 Å². The van der Waals surface area contributed by atoms with Crippen molar-refractivity contribution >= 4 is 0 Å². The third kappa shape index (κ3) is 75.0. The molecular weight excluding hydrogens is 156 g/mol. The van der Waals surface area contributed by atoms with Crippen LogP contribution in [0.25, 0.3) is 0 Å². The van der Waals surface area contributed by atoms with Crippen LogP contribution in [-0.4, -0.2) is 0 Å². The van der Waals surface area contributed by atoms with E-state index in [4.69, 9.17) is 0 Å². The highest BCUT2D eigenvalue weighted by atomic mass is 13.9. The molecule has 0 saturated carbocycles. The Hall–Kier alpha value is 0. The predicted octanol–water partition coefficient (Wildman–Crippen LogP) is 5.91. The molecule has 0 aliphatic carbocycles. The zero-order valence-electron chi connectivity index (χ0n) is 11.7. The van der Waals surface area contributed by atoms with Gasteiger partial charge in [0.1, 0.15) is 0 Å². The van der Waals surface area contributed by atoms with E-state index in [1.54, 1.807) is 0 Å². The highest BCUT2D eigenvalue weighted by Gasteiger charge is 1.88. The molecule has 0 heterocycles. The van der Waals surface area contributed by atoms with Crippen molar-refractivity contribution in [3.05, 3.63) is 0 Å². The molecule has 0 spiro atoms. The van der Waals surface area contributed by atoms with Gasteiger partial charge in [0.15, 0.2) is 0 Å². The summed E-state index contributed by atoms with van der Waals surface area (Å²) in [5, 5.41) is 0. The van der Waals surface area contributed by atoms with E-state index in [1.165, 1.54) is 19.3 Å². The van der Waals surface area contributed by atoms with E-state index in [9.17, 15) is 0 Å². The third-order valence-electron chi connectivity index (χ3n) is 1.14. The van der Waals surface area contributed by atoms with Gasteiger partial charge in [-0.3, -0.25) is 0 Å². The molecule has 0 bridgehead atoms. The van der Waals surface area contributed by atoms with Crippen LogP contribution in [0.3, 0.4) is 0 Å². The standard InChI is InChI=1S/C7H16.3C2H6/c1-4-5-6-7(2)3;3*1-2/h7H,4-6H2,1-3H3;3*1-2H3. The first-order valence-electron chi connectivity index (χ1n) is 6.27. The summed E-state index contributed by atoms with van der Waals surface area (Å²) in [5.41, 5.74) is 0. The molecule has 86 valence electrons. The molecule has 0 saturated heterocycles. The van der Waals surface area contributed by atoms with E-state index in [0.29, 0.717) is 0 Å². The van der Waals surface area contributed by atoms with E-state index in [1.807, 2.05) is 41.5 Å². The minimum atomic E-state index is 0.903. The minimum Gasteiger partial charge on any atom is -0.0683 e. The lowest BCUT2D eigenvalue weighted by Gasteiger charge is -1.98. The quantitative estimate of drug-likeness (QED) is 0.519. The molecule has 0 nitrogen and oxygen atoms in total. The monoisotopic (exact) mass is 190 g/mol. The molecule has 0 unspecified atom stereocenters. The Kier molecular flexibility index (Phi) is 71.7. The molecule has 0 atom stereocenters. The van der Waals surface area contributed by atoms with Crippen LogP contribution in [0.2, 0.25) is 0 Å². The second-order valence-corrected chi connectivity index (χ2v) is 2.54. The summed E-state index contributed by atoms with van der Waals surface area (Å²) in [4.78, 5) is 0. The van der Waals surface area contributed by atoms with Gasteiger partial charge in [-0.2, -0.15) is 0 Å². The fourth-order valence-electron chi connectivity index (χ4n) is 0.612. The second kappa shape index (κ2) is 40.3. The molecule has 0 aliphatic rings. The molecule has 0 aromatic rings. The maximum Gasteiger partial charge on any atom is -0.0471 e. The van der Waals surface area contributed by atoms with E-state index in [2.05, 4.69) is 20.8 Å². The van der Waals surface area contributed by atoms with Crippen molar-refractivity contribution in [2.45, 2.75) is 81.6 Å². The molecule has 0 N–H and O–H groups in total. The van der Waals surface area contributed by atoms with Crippen LogP contribution in [0.5, 0.6) is 0 Å². The summed E-state index contributed by atoms with van der Waals surface area (Å²) in [5.74, 6) is 0.903. The van der Waals surface area contributed by atoms with Gasteiger partial charge in [0.05, 0.1) is 0 Å². The maximum absolute atomic E-state index is 2.27. The van der Waals surface area contributed by atoms with Crippen molar-refractivity contribution in [1.29, 1.82) is 0 Å². The van der Waals surface area contributed by atoms with Crippen molar-refractivity contribution < 1.29 is 0 Å². The lowest BCUT2D eigenvalue weighted by Crippen LogP contribution is -1.83. The molecule has 0 rings (SSSR count). The number of hydrogen-bond acceptors (Lipinski definition) is 0. The van der Waals surface area contributed by atoms with Crippen LogP contribution in [0.4, 0.5) is 0 Å². The van der Waals surface area contributed by atoms with Gasteiger partial charge in [0, 0.05) is 0 Å². The zero-order chi connectivity index (χ0) is 11.7. The average Bonchev–Trinajstić information content (AvgIpc) is 2.24. The summed E-state index contributed by atoms with van der Waals surface area (Å²) in [6, 6.07) is 0. The van der Waals surface area contributed by atoms with Crippen LogP contribution < -0.4 is 0 Å². The molecular formula is C13H34. The molecule has 0 aromatic heterocycles. The van der Waals surface area contributed by atoms with Gasteiger partial charge in [0.2, 0.25) is 0 Å². The highest BCUT2D eigenvalue weighted by molar-refractivity contribution is 4.42. The van der Waals surface area contributed by atoms with E-state index < -0.39 is 0 Å². The predicted molar refractivity (Wildman–Crippen MR) is 68.4 cm³/mol. The number of unbranched alkanes of at least 4 members (excludes halogenated alkanes) is 1. The van der Waals surface area contributed by atoms with Crippen molar-refractivity contribution in [2.24, 2.45) is 5.92 Å². The first-order chi connectivity index (χ1) is 6.27. The lowest BCUT2D eigenvalue weighted by molar-refractivity contribution is 0.550. The zero-order valence-corrected chi connectivity index (χ0v) is 11.7. The molecule has 13 heavy (non-hydrogen) atoms. The van der Waals surface area contributed by atoms with Gasteiger partial charge in [-0.15, -0.1) is 0 Å². The summed E-state index contributed by atoms with van der Waals surface area (Å²) in [7, 11) is 0. The Balaban J connectivity index is -0.0000000573. The van der Waals surface area contributed by atoms with Crippen LogP contribution >= 0.6 is 0 Å². The Bertz CT molecular complexity index is 29.0. The SMILES string of the molecule is CC.CC.CC.CCCCC(C)C. The van der Waals surface area contributed by atoms with Crippen LogP contribution in [0, 0.1) is 5.92 Å². The van der Waals surface area contributed by atoms with Crippen molar-refractivity contribution in [2.75, 3.05) is 0 Å². The van der Waals surface area contributed by atoms with Gasteiger partial charge in [-0.25, -0.2) is 0 Å². The Morgan fingerprint density at radius 3 is 1.15 bits per heavy atom. The molecule has 0 fully saturated rings. The molecule has 0 aliphatic heterocycles. The summed E-state index contributed by atoms with van der Waals surface area (Å²) in [6.07, 6.45) is 4.15. The first kappa shape index (κ1) is 23.1. The number of hydrogen-bond donors (Lipinski definition) is 0. The van der Waals surface area contributed by atoms with E-state index in [-0.39, 0.29) is 0 Å². The Labute approximate surface area is 88.1 Å². The number of rotatable bonds is 3. The van der Waals surface area contributed by atoms with Crippen LogP contribution in [0.15, 0.2) is 0 Å². The fraction of sp³-hybridized carbons (Fsp3) is 1.00. The average molecular weight is 190 g/mol. The van der Waals surface area contributed by atoms with Gasteiger partial charge in [-0.05, 0) is 5.92 Å². The largest absolute Gasteiger partial charge is 0.0683 e. The van der Waals surface area contributed by atoms with E-state index in [0.717, 1.165) is 5.92 Å². The summed E-state index contributed by atoms with van der Waals surface area (Å²) >= 11 is 0. The molecule has 0 aromatic carbocycles. The highest BCUT2D eigenvalue weighted by Crippen LogP contribution is 2.04. The van der Waals surface area contributed by atoms with Gasteiger partial charge in [0.25, 0.3) is 0 Å². The summed E-state index contributed by atoms with van der Waals surface area (Å²) < 4.78 is 0. The normalized spacial score (nSPS) is 6.92. The van der Waals surface area contributed by atoms with Gasteiger partial charge < -0.3 is 0 Å². The Morgan fingerprint density at radius 2 is 1.08 bits per heavy atom. The van der Waals surface area contributed by atoms with Gasteiger partial charge in [-0.1, -0.05) is 81.6 Å². The molecule has 0 amide bonds. The van der Waals surface area contributed by atoms with Crippen molar-refractivity contribution in [3.8, 4) is 0 Å². The third-order valence-corrected chi connectivity index (χ3v) is 1.14. The van der Waals surface area contributed by atoms with Crippen LogP contribution in [0.1, 0.15) is 81.6 Å². The van der Waals surface area contributed by atoms with Crippen molar-refractivity contribution in [3.63, 3.8) is 0 Å². The smallest absolute Gasteiger partial charge is 0.0471 e. The molecule has 0 heteroatoms. The topological polar surface area (TPSA) is 0 Å². The maximum atomic E-state index is 2.27.